The Balaban J connectivity index is 1.70. The summed E-state index contributed by atoms with van der Waals surface area (Å²) in [6.07, 6.45) is 7.05. The highest BCUT2D eigenvalue weighted by Crippen LogP contribution is 2.40. The molecule has 2 heterocycles. The normalized spacial score (nSPS) is 19.8. The third-order valence-electron chi connectivity index (χ3n) is 5.05. The maximum Gasteiger partial charge on any atom is 0.252 e. The highest BCUT2D eigenvalue weighted by Gasteiger charge is 2.39. The topological polar surface area (TPSA) is 74.8 Å². The SMILES string of the molecule is O=C(NC1(c2nc(C3CC3)cc(=O)[nH]2)CCCCC1)c1ccsc1. The van der Waals surface area contributed by atoms with Crippen molar-refractivity contribution >= 4 is 17.2 Å². The van der Waals surface area contributed by atoms with Gasteiger partial charge in [-0.2, -0.15) is 11.3 Å². The Bertz CT molecular complexity index is 787. The first-order valence-corrected chi connectivity index (χ1v) is 9.57. The van der Waals surface area contributed by atoms with Crippen LogP contribution >= 0.6 is 11.3 Å². The van der Waals surface area contributed by atoms with Gasteiger partial charge in [-0.15, -0.1) is 0 Å². The van der Waals surface area contributed by atoms with Crippen LogP contribution in [0.3, 0.4) is 0 Å². The molecule has 2 saturated carbocycles. The van der Waals surface area contributed by atoms with Gasteiger partial charge in [-0.3, -0.25) is 9.59 Å². The fraction of sp³-hybridized carbons (Fsp3) is 0.500. The van der Waals surface area contributed by atoms with E-state index < -0.39 is 5.54 Å². The van der Waals surface area contributed by atoms with Crippen molar-refractivity contribution in [3.05, 3.63) is 50.3 Å². The first-order chi connectivity index (χ1) is 11.7. The van der Waals surface area contributed by atoms with Gasteiger partial charge in [0.15, 0.2) is 0 Å². The van der Waals surface area contributed by atoms with Crippen LogP contribution in [-0.4, -0.2) is 15.9 Å². The minimum atomic E-state index is -0.554. The lowest BCUT2D eigenvalue weighted by Crippen LogP contribution is -2.49. The number of carbonyl (C=O) groups is 1. The maximum absolute atomic E-state index is 12.6. The Kier molecular flexibility index (Phi) is 4.00. The second-order valence-electron chi connectivity index (χ2n) is 6.90. The largest absolute Gasteiger partial charge is 0.339 e. The number of aromatic nitrogens is 2. The molecule has 0 aromatic carbocycles. The van der Waals surface area contributed by atoms with E-state index in [9.17, 15) is 9.59 Å². The zero-order valence-corrected chi connectivity index (χ0v) is 14.3. The first kappa shape index (κ1) is 15.6. The summed E-state index contributed by atoms with van der Waals surface area (Å²) in [5, 5.41) is 6.95. The van der Waals surface area contributed by atoms with E-state index in [2.05, 4.69) is 10.3 Å². The lowest BCUT2D eigenvalue weighted by atomic mass is 9.80. The van der Waals surface area contributed by atoms with Crippen LogP contribution in [0.4, 0.5) is 0 Å². The van der Waals surface area contributed by atoms with Gasteiger partial charge in [-0.05, 0) is 37.1 Å². The number of aromatic amines is 1. The zero-order chi connectivity index (χ0) is 16.6. The summed E-state index contributed by atoms with van der Waals surface area (Å²) in [5.74, 6) is 0.970. The molecule has 2 fully saturated rings. The predicted octanol–water partition coefficient (Wildman–Crippen LogP) is 3.30. The molecule has 4 rings (SSSR count). The predicted molar refractivity (Wildman–Crippen MR) is 93.4 cm³/mol. The highest BCUT2D eigenvalue weighted by molar-refractivity contribution is 7.08. The molecule has 6 heteroatoms. The molecule has 0 radical (unpaired) electrons. The van der Waals surface area contributed by atoms with Crippen molar-refractivity contribution in [2.75, 3.05) is 0 Å². The van der Waals surface area contributed by atoms with E-state index in [4.69, 9.17) is 4.98 Å². The van der Waals surface area contributed by atoms with Crippen LogP contribution in [-0.2, 0) is 5.54 Å². The van der Waals surface area contributed by atoms with E-state index in [1.165, 1.54) is 11.3 Å². The Hall–Kier alpha value is -1.95. The number of H-pyrrole nitrogens is 1. The standard InChI is InChI=1S/C18H21N3O2S/c22-15-10-14(12-4-5-12)19-17(20-15)18(7-2-1-3-8-18)21-16(23)13-6-9-24-11-13/h6,9-12H,1-5,7-8H2,(H,21,23)(H,19,20,22). The van der Waals surface area contributed by atoms with Crippen LogP contribution in [0.25, 0.3) is 0 Å². The molecule has 5 nitrogen and oxygen atoms in total. The maximum atomic E-state index is 12.6. The molecule has 2 aromatic heterocycles. The van der Waals surface area contributed by atoms with E-state index in [-0.39, 0.29) is 11.5 Å². The summed E-state index contributed by atoms with van der Waals surface area (Å²) in [5.41, 5.74) is 0.882. The molecular weight excluding hydrogens is 322 g/mol. The Morgan fingerprint density at radius 1 is 1.29 bits per heavy atom. The van der Waals surface area contributed by atoms with Gasteiger partial charge in [-0.25, -0.2) is 4.98 Å². The molecule has 2 N–H and O–H groups in total. The number of thiophene rings is 1. The fourth-order valence-electron chi connectivity index (χ4n) is 3.55. The second-order valence-corrected chi connectivity index (χ2v) is 7.68. The molecular formula is C18H21N3O2S. The molecule has 2 aliphatic rings. The Morgan fingerprint density at radius 2 is 2.08 bits per heavy atom. The number of hydrogen-bond donors (Lipinski definition) is 2. The highest BCUT2D eigenvalue weighted by atomic mass is 32.1. The lowest BCUT2D eigenvalue weighted by Gasteiger charge is -2.37. The number of amides is 1. The fourth-order valence-corrected chi connectivity index (χ4v) is 4.19. The monoisotopic (exact) mass is 343 g/mol. The Morgan fingerprint density at radius 3 is 2.75 bits per heavy atom. The van der Waals surface area contributed by atoms with Crippen molar-refractivity contribution in [2.45, 2.75) is 56.4 Å². The van der Waals surface area contributed by atoms with Gasteiger partial charge in [0, 0.05) is 17.4 Å². The van der Waals surface area contributed by atoms with Crippen molar-refractivity contribution < 1.29 is 4.79 Å². The summed E-state index contributed by atoms with van der Waals surface area (Å²) in [7, 11) is 0. The molecule has 0 unspecified atom stereocenters. The van der Waals surface area contributed by atoms with E-state index in [1.807, 2.05) is 16.8 Å². The number of rotatable bonds is 4. The van der Waals surface area contributed by atoms with Gasteiger partial charge in [0.05, 0.1) is 16.8 Å². The molecule has 2 aromatic rings. The van der Waals surface area contributed by atoms with E-state index in [0.29, 0.717) is 17.3 Å². The molecule has 2 aliphatic carbocycles. The van der Waals surface area contributed by atoms with Crippen molar-refractivity contribution in [1.29, 1.82) is 0 Å². The van der Waals surface area contributed by atoms with Crippen LogP contribution in [0, 0.1) is 0 Å². The van der Waals surface area contributed by atoms with Crippen LogP contribution in [0.1, 0.15) is 72.7 Å². The number of nitrogens with zero attached hydrogens (tertiary/aromatic N) is 1. The smallest absolute Gasteiger partial charge is 0.252 e. The van der Waals surface area contributed by atoms with Gasteiger partial charge < -0.3 is 10.3 Å². The average Bonchev–Trinajstić information content (AvgIpc) is 3.29. The number of hydrogen-bond acceptors (Lipinski definition) is 4. The van der Waals surface area contributed by atoms with E-state index >= 15 is 0 Å². The molecule has 1 amide bonds. The number of carbonyl (C=O) groups excluding carboxylic acids is 1. The third-order valence-corrected chi connectivity index (χ3v) is 5.74. The summed E-state index contributed by atoms with van der Waals surface area (Å²) in [4.78, 5) is 32.5. The number of nitrogens with one attached hydrogen (secondary N) is 2. The molecule has 0 spiro atoms. The molecule has 0 bridgehead atoms. The van der Waals surface area contributed by atoms with Crippen molar-refractivity contribution in [1.82, 2.24) is 15.3 Å². The van der Waals surface area contributed by atoms with E-state index in [1.54, 1.807) is 6.07 Å². The zero-order valence-electron chi connectivity index (χ0n) is 13.5. The van der Waals surface area contributed by atoms with Crippen molar-refractivity contribution in [3.8, 4) is 0 Å². The Labute approximate surface area is 144 Å². The van der Waals surface area contributed by atoms with E-state index in [0.717, 1.165) is 50.6 Å². The minimum Gasteiger partial charge on any atom is -0.339 e. The van der Waals surface area contributed by atoms with Gasteiger partial charge in [0.2, 0.25) is 0 Å². The van der Waals surface area contributed by atoms with Crippen molar-refractivity contribution in [3.63, 3.8) is 0 Å². The average molecular weight is 343 g/mol. The molecule has 126 valence electrons. The second kappa shape index (κ2) is 6.16. The summed E-state index contributed by atoms with van der Waals surface area (Å²) >= 11 is 1.51. The van der Waals surface area contributed by atoms with Crippen LogP contribution in [0.5, 0.6) is 0 Å². The molecule has 0 aliphatic heterocycles. The third kappa shape index (κ3) is 3.02. The molecule has 24 heavy (non-hydrogen) atoms. The molecule has 0 atom stereocenters. The summed E-state index contributed by atoms with van der Waals surface area (Å²) in [6, 6.07) is 3.44. The minimum absolute atomic E-state index is 0.0855. The van der Waals surface area contributed by atoms with Gasteiger partial charge in [0.25, 0.3) is 11.5 Å². The van der Waals surface area contributed by atoms with Gasteiger partial charge in [-0.1, -0.05) is 19.3 Å². The van der Waals surface area contributed by atoms with Crippen molar-refractivity contribution in [2.24, 2.45) is 0 Å². The summed E-state index contributed by atoms with van der Waals surface area (Å²) in [6.45, 7) is 0. The molecule has 0 saturated heterocycles. The van der Waals surface area contributed by atoms with Gasteiger partial charge in [0.1, 0.15) is 5.82 Å². The van der Waals surface area contributed by atoms with Crippen LogP contribution in [0.15, 0.2) is 27.7 Å². The quantitative estimate of drug-likeness (QED) is 0.894. The van der Waals surface area contributed by atoms with Gasteiger partial charge >= 0.3 is 0 Å². The first-order valence-electron chi connectivity index (χ1n) is 8.63. The lowest BCUT2D eigenvalue weighted by molar-refractivity contribution is 0.0857. The van der Waals surface area contributed by atoms with Crippen LogP contribution in [0.2, 0.25) is 0 Å². The van der Waals surface area contributed by atoms with Crippen LogP contribution < -0.4 is 10.9 Å². The summed E-state index contributed by atoms with van der Waals surface area (Å²) < 4.78 is 0.